The normalized spacial score (nSPS) is 11.0. The van der Waals surface area contributed by atoms with E-state index in [-0.39, 0.29) is 29.2 Å². The summed E-state index contributed by atoms with van der Waals surface area (Å²) in [5.74, 6) is -0.702. The maximum Gasteiger partial charge on any atom is 0.264 e. The summed E-state index contributed by atoms with van der Waals surface area (Å²) in [6.07, 6.45) is 4.65. The van der Waals surface area contributed by atoms with Crippen molar-refractivity contribution in [3.63, 3.8) is 0 Å². The number of carbonyl (C=O) groups is 1. The van der Waals surface area contributed by atoms with Gasteiger partial charge in [-0.25, -0.2) is 14.1 Å². The van der Waals surface area contributed by atoms with E-state index in [1.807, 2.05) is 24.5 Å². The summed E-state index contributed by atoms with van der Waals surface area (Å²) >= 11 is 1.57. The largest absolute Gasteiger partial charge is 0.324 e. The van der Waals surface area contributed by atoms with Crippen molar-refractivity contribution >= 4 is 34.4 Å². The summed E-state index contributed by atoms with van der Waals surface area (Å²) in [5.41, 5.74) is 1.20. The molecule has 4 aromatic rings. The Balaban J connectivity index is 1.58. The van der Waals surface area contributed by atoms with Gasteiger partial charge in [0.2, 0.25) is 5.91 Å². The second kappa shape index (κ2) is 7.88. The minimum absolute atomic E-state index is 0.174. The van der Waals surface area contributed by atoms with Crippen LogP contribution in [0.3, 0.4) is 0 Å². The number of hydrogen-bond donors (Lipinski definition) is 1. The van der Waals surface area contributed by atoms with E-state index >= 15 is 0 Å². The Labute approximate surface area is 169 Å². The number of nitrogens with zero attached hydrogens (tertiary/aromatic N) is 4. The molecule has 0 atom stereocenters. The predicted molar refractivity (Wildman–Crippen MR) is 110 cm³/mol. The van der Waals surface area contributed by atoms with Gasteiger partial charge in [-0.15, -0.1) is 11.8 Å². The average Bonchev–Trinajstić information content (AvgIpc) is 3.15. The highest BCUT2D eigenvalue weighted by atomic mass is 32.2. The van der Waals surface area contributed by atoms with Gasteiger partial charge < -0.3 is 5.32 Å². The monoisotopic (exact) mass is 409 g/mol. The molecule has 0 aliphatic heterocycles. The smallest absolute Gasteiger partial charge is 0.264 e. The fraction of sp³-hybridized carbons (Fsp3) is 0.100. The molecule has 2 aromatic carbocycles. The molecule has 4 rings (SSSR count). The van der Waals surface area contributed by atoms with Crippen LogP contribution in [0, 0.1) is 5.82 Å². The second-order valence-corrected chi connectivity index (χ2v) is 7.11. The Hall–Kier alpha value is -3.46. The molecule has 0 aliphatic rings. The first-order valence-electron chi connectivity index (χ1n) is 8.68. The van der Waals surface area contributed by atoms with Crippen LogP contribution in [0.5, 0.6) is 0 Å². The van der Waals surface area contributed by atoms with Gasteiger partial charge in [-0.2, -0.15) is 5.10 Å². The van der Waals surface area contributed by atoms with Crippen LogP contribution in [0.15, 0.2) is 70.7 Å². The van der Waals surface area contributed by atoms with Crippen LogP contribution in [0.25, 0.3) is 16.7 Å². The number of halogens is 1. The molecular weight excluding hydrogens is 393 g/mol. The van der Waals surface area contributed by atoms with Gasteiger partial charge in [0.05, 0.1) is 11.9 Å². The Bertz CT molecular complexity index is 1250. The molecule has 1 N–H and O–H groups in total. The van der Waals surface area contributed by atoms with Gasteiger partial charge >= 0.3 is 0 Å². The number of amides is 1. The van der Waals surface area contributed by atoms with E-state index in [1.54, 1.807) is 30.0 Å². The standard InChI is InChI=1S/C20H16FN5O2S/c1-29-16-4-2-3-14(9-16)24-18(27)11-25-12-22-19-17(20(25)28)10-23-26(19)15-7-5-13(21)6-8-15/h2-10,12H,11H2,1H3,(H,24,27). The van der Waals surface area contributed by atoms with Gasteiger partial charge in [-0.05, 0) is 48.7 Å². The van der Waals surface area contributed by atoms with Crippen molar-refractivity contribution in [2.45, 2.75) is 11.4 Å². The molecule has 1 amide bonds. The first kappa shape index (κ1) is 18.9. The van der Waals surface area contributed by atoms with E-state index in [2.05, 4.69) is 15.4 Å². The van der Waals surface area contributed by atoms with Gasteiger partial charge in [-0.1, -0.05) is 6.07 Å². The number of rotatable bonds is 5. The fourth-order valence-electron chi connectivity index (χ4n) is 2.89. The van der Waals surface area contributed by atoms with Gasteiger partial charge in [-0.3, -0.25) is 14.2 Å². The van der Waals surface area contributed by atoms with Crippen molar-refractivity contribution in [3.8, 4) is 5.69 Å². The maximum absolute atomic E-state index is 13.1. The molecule has 2 aromatic heterocycles. The van der Waals surface area contributed by atoms with Gasteiger partial charge in [0.25, 0.3) is 5.56 Å². The van der Waals surface area contributed by atoms with Crippen molar-refractivity contribution in [2.24, 2.45) is 0 Å². The molecule has 0 radical (unpaired) electrons. The highest BCUT2D eigenvalue weighted by Crippen LogP contribution is 2.19. The first-order valence-corrected chi connectivity index (χ1v) is 9.90. The zero-order valence-electron chi connectivity index (χ0n) is 15.4. The first-order chi connectivity index (χ1) is 14.0. The molecule has 0 saturated carbocycles. The van der Waals surface area contributed by atoms with Gasteiger partial charge in [0.1, 0.15) is 24.1 Å². The van der Waals surface area contributed by atoms with E-state index in [1.165, 1.54) is 33.9 Å². The van der Waals surface area contributed by atoms with Crippen LogP contribution in [0.2, 0.25) is 0 Å². The number of nitrogens with one attached hydrogen (secondary N) is 1. The number of thioether (sulfide) groups is 1. The summed E-state index contributed by atoms with van der Waals surface area (Å²) in [5, 5.41) is 7.23. The van der Waals surface area contributed by atoms with E-state index in [0.717, 1.165) is 4.90 Å². The quantitative estimate of drug-likeness (QED) is 0.512. The highest BCUT2D eigenvalue weighted by molar-refractivity contribution is 7.98. The van der Waals surface area contributed by atoms with Crippen LogP contribution in [0.4, 0.5) is 10.1 Å². The van der Waals surface area contributed by atoms with E-state index in [9.17, 15) is 14.0 Å². The molecule has 0 aliphatic carbocycles. The minimum atomic E-state index is -0.378. The molecule has 0 spiro atoms. The zero-order chi connectivity index (χ0) is 20.4. The molecule has 146 valence electrons. The molecule has 9 heteroatoms. The van der Waals surface area contributed by atoms with Crippen LogP contribution in [-0.4, -0.2) is 31.5 Å². The lowest BCUT2D eigenvalue weighted by molar-refractivity contribution is -0.116. The minimum Gasteiger partial charge on any atom is -0.324 e. The van der Waals surface area contributed by atoms with Crippen LogP contribution in [-0.2, 0) is 11.3 Å². The van der Waals surface area contributed by atoms with Crippen molar-refractivity contribution in [2.75, 3.05) is 11.6 Å². The Kier molecular flexibility index (Phi) is 5.13. The van der Waals surface area contributed by atoms with Crippen LogP contribution < -0.4 is 10.9 Å². The molecular formula is C20H16FN5O2S. The number of aromatic nitrogens is 4. The topological polar surface area (TPSA) is 81.8 Å². The number of carbonyl (C=O) groups excluding carboxylic acids is 1. The van der Waals surface area contributed by atoms with E-state index in [4.69, 9.17) is 0 Å². The third-order valence-electron chi connectivity index (χ3n) is 4.29. The Morgan fingerprint density at radius 2 is 2.00 bits per heavy atom. The third-order valence-corrected chi connectivity index (χ3v) is 5.02. The predicted octanol–water partition coefficient (Wildman–Crippen LogP) is 3.08. The molecule has 2 heterocycles. The SMILES string of the molecule is CSc1cccc(NC(=O)Cn2cnc3c(cnn3-c3ccc(F)cc3)c2=O)c1. The van der Waals surface area contributed by atoms with Crippen molar-refractivity contribution < 1.29 is 9.18 Å². The van der Waals surface area contributed by atoms with E-state index < -0.39 is 0 Å². The van der Waals surface area contributed by atoms with Crippen molar-refractivity contribution in [1.29, 1.82) is 0 Å². The highest BCUT2D eigenvalue weighted by Gasteiger charge is 2.13. The fourth-order valence-corrected chi connectivity index (χ4v) is 3.35. The van der Waals surface area contributed by atoms with Crippen LogP contribution >= 0.6 is 11.8 Å². The molecule has 29 heavy (non-hydrogen) atoms. The molecule has 0 bridgehead atoms. The molecule has 0 saturated heterocycles. The number of fused-ring (bicyclic) bond motifs is 1. The lowest BCUT2D eigenvalue weighted by atomic mass is 10.3. The molecule has 0 fully saturated rings. The zero-order valence-corrected chi connectivity index (χ0v) is 16.2. The summed E-state index contributed by atoms with van der Waals surface area (Å²) in [6, 6.07) is 13.2. The van der Waals surface area contributed by atoms with Crippen molar-refractivity contribution in [1.82, 2.24) is 19.3 Å². The Morgan fingerprint density at radius 1 is 1.21 bits per heavy atom. The summed E-state index contributed by atoms with van der Waals surface area (Å²) in [4.78, 5) is 30.4. The van der Waals surface area contributed by atoms with Gasteiger partial charge in [0, 0.05) is 10.6 Å². The second-order valence-electron chi connectivity index (χ2n) is 6.23. The molecule has 7 nitrogen and oxygen atoms in total. The summed E-state index contributed by atoms with van der Waals surface area (Å²) < 4.78 is 15.8. The summed E-state index contributed by atoms with van der Waals surface area (Å²) in [6.45, 7) is -0.174. The number of hydrogen-bond acceptors (Lipinski definition) is 5. The van der Waals surface area contributed by atoms with E-state index in [0.29, 0.717) is 17.0 Å². The summed E-state index contributed by atoms with van der Waals surface area (Å²) in [7, 11) is 0. The van der Waals surface area contributed by atoms with Crippen molar-refractivity contribution in [3.05, 3.63) is 77.2 Å². The lowest BCUT2D eigenvalue weighted by Crippen LogP contribution is -2.27. The third kappa shape index (κ3) is 3.90. The van der Waals surface area contributed by atoms with Gasteiger partial charge in [0.15, 0.2) is 5.65 Å². The van der Waals surface area contributed by atoms with Crippen LogP contribution in [0.1, 0.15) is 0 Å². The maximum atomic E-state index is 13.1. The Morgan fingerprint density at radius 3 is 2.76 bits per heavy atom. The average molecular weight is 409 g/mol. The molecule has 0 unspecified atom stereocenters. The lowest BCUT2D eigenvalue weighted by Gasteiger charge is -2.08. The number of benzene rings is 2. The number of anilines is 1.